The normalized spacial score (nSPS) is 27.3. The number of benzene rings is 1. The first kappa shape index (κ1) is 18.5. The minimum Gasteiger partial charge on any atom is -0.485 e. The molecule has 0 amide bonds. The summed E-state index contributed by atoms with van der Waals surface area (Å²) in [5, 5.41) is 0. The zero-order chi connectivity index (χ0) is 19.8. The minimum absolute atomic E-state index is 0.0722. The Morgan fingerprint density at radius 1 is 1.17 bits per heavy atom. The molecule has 3 unspecified atom stereocenters. The van der Waals surface area contributed by atoms with Gasteiger partial charge in [0.25, 0.3) is 0 Å². The minimum atomic E-state index is 0.0722. The number of para-hydroxylation sites is 2. The second kappa shape index (κ2) is 7.70. The Balaban J connectivity index is 1.64. The Morgan fingerprint density at radius 3 is 2.83 bits per heavy atom. The molecule has 1 aromatic heterocycles. The van der Waals surface area contributed by atoms with Gasteiger partial charge in [-0.25, -0.2) is 4.98 Å². The van der Waals surface area contributed by atoms with E-state index in [2.05, 4.69) is 79.4 Å². The van der Waals surface area contributed by atoms with Gasteiger partial charge in [0.15, 0.2) is 0 Å². The standard InChI is InChI=1S/C26H30N2O/c1-3-21-14-13-20-15-18(2)16-22(26(20)29-21)25(19-9-5-4-6-10-19)28-17-27-23-11-7-8-12-24(23)28/h3,7-8,11-17,19-20,25-26H,4-6,9-10H2,1-2H3/b21-3+. The van der Waals surface area contributed by atoms with E-state index < -0.39 is 0 Å². The molecule has 5 rings (SSSR count). The number of aromatic nitrogens is 2. The number of imidazole rings is 1. The molecule has 2 aliphatic carbocycles. The lowest BCUT2D eigenvalue weighted by atomic mass is 9.75. The lowest BCUT2D eigenvalue weighted by molar-refractivity contribution is 0.104. The number of allylic oxidation sites excluding steroid dienone is 4. The highest BCUT2D eigenvalue weighted by Crippen LogP contribution is 2.45. The summed E-state index contributed by atoms with van der Waals surface area (Å²) in [4.78, 5) is 4.74. The molecule has 3 atom stereocenters. The summed E-state index contributed by atoms with van der Waals surface area (Å²) in [6.07, 6.45) is 19.9. The van der Waals surface area contributed by atoms with E-state index in [0.717, 1.165) is 11.3 Å². The average Bonchev–Trinajstić information content (AvgIpc) is 3.18. The molecule has 3 nitrogen and oxygen atoms in total. The fourth-order valence-corrected chi connectivity index (χ4v) is 5.43. The number of hydrogen-bond donors (Lipinski definition) is 0. The summed E-state index contributed by atoms with van der Waals surface area (Å²) in [6.45, 7) is 4.27. The van der Waals surface area contributed by atoms with Crippen molar-refractivity contribution in [2.45, 2.75) is 58.1 Å². The van der Waals surface area contributed by atoms with Crippen LogP contribution in [0.5, 0.6) is 0 Å². The lowest BCUT2D eigenvalue weighted by Gasteiger charge is -2.41. The van der Waals surface area contributed by atoms with Crippen molar-refractivity contribution < 1.29 is 4.74 Å². The van der Waals surface area contributed by atoms with Crippen molar-refractivity contribution in [2.75, 3.05) is 0 Å². The summed E-state index contributed by atoms with van der Waals surface area (Å²) in [5.74, 6) is 1.91. The van der Waals surface area contributed by atoms with Crippen molar-refractivity contribution >= 4 is 11.0 Å². The first-order valence-electron chi connectivity index (χ1n) is 11.1. The van der Waals surface area contributed by atoms with Crippen LogP contribution in [-0.4, -0.2) is 15.7 Å². The molecule has 1 aromatic carbocycles. The van der Waals surface area contributed by atoms with Crippen LogP contribution in [0.2, 0.25) is 0 Å². The molecule has 0 N–H and O–H groups in total. The van der Waals surface area contributed by atoms with Gasteiger partial charge in [-0.15, -0.1) is 0 Å². The van der Waals surface area contributed by atoms with Crippen molar-refractivity contribution in [3.05, 3.63) is 77.9 Å². The van der Waals surface area contributed by atoms with Gasteiger partial charge in [0.05, 0.1) is 23.4 Å². The summed E-state index contributed by atoms with van der Waals surface area (Å²) in [7, 11) is 0. The monoisotopic (exact) mass is 386 g/mol. The van der Waals surface area contributed by atoms with Crippen LogP contribution < -0.4 is 0 Å². The van der Waals surface area contributed by atoms with Crippen LogP contribution in [0.3, 0.4) is 0 Å². The molecule has 150 valence electrons. The largest absolute Gasteiger partial charge is 0.485 e. The zero-order valence-electron chi connectivity index (χ0n) is 17.4. The molecule has 29 heavy (non-hydrogen) atoms. The topological polar surface area (TPSA) is 27.1 Å². The number of ether oxygens (including phenoxy) is 1. The van der Waals surface area contributed by atoms with Crippen LogP contribution in [0.15, 0.2) is 77.9 Å². The van der Waals surface area contributed by atoms with Gasteiger partial charge in [0.2, 0.25) is 0 Å². The van der Waals surface area contributed by atoms with Crippen LogP contribution in [0.25, 0.3) is 11.0 Å². The molecular formula is C26H30N2O. The van der Waals surface area contributed by atoms with Gasteiger partial charge in [-0.05, 0) is 62.5 Å². The van der Waals surface area contributed by atoms with Gasteiger partial charge >= 0.3 is 0 Å². The maximum atomic E-state index is 6.51. The molecule has 1 aliphatic heterocycles. The van der Waals surface area contributed by atoms with E-state index in [0.29, 0.717) is 17.9 Å². The van der Waals surface area contributed by atoms with Crippen LogP contribution in [0.4, 0.5) is 0 Å². The Bertz CT molecular complexity index is 1020. The van der Waals surface area contributed by atoms with Gasteiger partial charge in [-0.2, -0.15) is 0 Å². The van der Waals surface area contributed by atoms with Crippen LogP contribution in [-0.2, 0) is 4.74 Å². The number of nitrogens with zero attached hydrogens (tertiary/aromatic N) is 2. The molecule has 3 aliphatic rings. The SMILES string of the molecule is C/C=C1\C=CC2C=C(C)C=C(C(C3CCCCC3)n3cnc4ccccc43)C2O1. The molecule has 1 fully saturated rings. The third-order valence-corrected chi connectivity index (χ3v) is 6.78. The third-order valence-electron chi connectivity index (χ3n) is 6.78. The van der Waals surface area contributed by atoms with Crippen molar-refractivity contribution in [3.8, 4) is 0 Å². The van der Waals surface area contributed by atoms with Crippen molar-refractivity contribution in [2.24, 2.45) is 11.8 Å². The molecule has 0 bridgehead atoms. The highest BCUT2D eigenvalue weighted by molar-refractivity contribution is 5.75. The first-order chi connectivity index (χ1) is 14.2. The summed E-state index contributed by atoms with van der Waals surface area (Å²) in [6, 6.07) is 8.82. The van der Waals surface area contributed by atoms with Crippen LogP contribution in [0.1, 0.15) is 52.0 Å². The van der Waals surface area contributed by atoms with Gasteiger partial charge in [0, 0.05) is 5.92 Å². The third kappa shape index (κ3) is 3.37. The van der Waals surface area contributed by atoms with E-state index in [4.69, 9.17) is 9.72 Å². The predicted octanol–water partition coefficient (Wildman–Crippen LogP) is 6.52. The van der Waals surface area contributed by atoms with Crippen molar-refractivity contribution in [3.63, 3.8) is 0 Å². The molecular weight excluding hydrogens is 356 g/mol. The molecule has 3 heteroatoms. The zero-order valence-corrected chi connectivity index (χ0v) is 17.4. The predicted molar refractivity (Wildman–Crippen MR) is 118 cm³/mol. The van der Waals surface area contributed by atoms with E-state index in [1.807, 2.05) is 0 Å². The molecule has 0 saturated heterocycles. The van der Waals surface area contributed by atoms with Gasteiger partial charge in [-0.3, -0.25) is 0 Å². The molecule has 0 spiro atoms. The van der Waals surface area contributed by atoms with E-state index in [-0.39, 0.29) is 6.10 Å². The highest BCUT2D eigenvalue weighted by Gasteiger charge is 2.38. The summed E-state index contributed by atoms with van der Waals surface area (Å²) in [5.41, 5.74) is 5.05. The summed E-state index contributed by atoms with van der Waals surface area (Å²) >= 11 is 0. The van der Waals surface area contributed by atoms with Crippen molar-refractivity contribution in [1.29, 1.82) is 0 Å². The van der Waals surface area contributed by atoms with E-state index in [9.17, 15) is 0 Å². The Hall–Kier alpha value is -2.55. The molecule has 1 saturated carbocycles. The molecule has 2 aromatic rings. The van der Waals surface area contributed by atoms with Crippen LogP contribution in [0, 0.1) is 11.8 Å². The van der Waals surface area contributed by atoms with E-state index in [1.165, 1.54) is 48.8 Å². The van der Waals surface area contributed by atoms with Crippen molar-refractivity contribution in [1.82, 2.24) is 9.55 Å². The van der Waals surface area contributed by atoms with Gasteiger partial charge in [-0.1, -0.05) is 55.2 Å². The summed E-state index contributed by atoms with van der Waals surface area (Å²) < 4.78 is 8.94. The number of fused-ring (bicyclic) bond motifs is 2. The Labute approximate surface area is 173 Å². The van der Waals surface area contributed by atoms with E-state index in [1.54, 1.807) is 0 Å². The van der Waals surface area contributed by atoms with Gasteiger partial charge in [0.1, 0.15) is 11.9 Å². The second-order valence-electron chi connectivity index (χ2n) is 8.70. The average molecular weight is 387 g/mol. The smallest absolute Gasteiger partial charge is 0.132 e. The lowest BCUT2D eigenvalue weighted by Crippen LogP contribution is -2.36. The molecule has 2 heterocycles. The fourth-order valence-electron chi connectivity index (χ4n) is 5.43. The number of hydrogen-bond acceptors (Lipinski definition) is 2. The Morgan fingerprint density at radius 2 is 2.00 bits per heavy atom. The maximum absolute atomic E-state index is 6.51. The quantitative estimate of drug-likeness (QED) is 0.600. The fraction of sp³-hybridized carbons (Fsp3) is 0.423. The maximum Gasteiger partial charge on any atom is 0.132 e. The second-order valence-corrected chi connectivity index (χ2v) is 8.70. The van der Waals surface area contributed by atoms with Gasteiger partial charge < -0.3 is 9.30 Å². The van der Waals surface area contributed by atoms with E-state index >= 15 is 0 Å². The molecule has 0 radical (unpaired) electrons. The number of rotatable bonds is 3. The van der Waals surface area contributed by atoms with Crippen LogP contribution >= 0.6 is 0 Å². The first-order valence-corrected chi connectivity index (χ1v) is 11.1. The highest BCUT2D eigenvalue weighted by atomic mass is 16.5. The Kier molecular flexibility index (Phi) is 4.91.